The molecule has 7 nitrogen and oxygen atoms in total. The van der Waals surface area contributed by atoms with E-state index in [1.54, 1.807) is 0 Å². The van der Waals surface area contributed by atoms with Gasteiger partial charge < -0.3 is 35.0 Å². The van der Waals surface area contributed by atoms with Gasteiger partial charge in [-0.3, -0.25) is 0 Å². The zero-order valence-corrected chi connectivity index (χ0v) is 16.8. The van der Waals surface area contributed by atoms with Gasteiger partial charge in [0.2, 0.25) is 0 Å². The molecule has 3 unspecified atom stereocenters. The van der Waals surface area contributed by atoms with E-state index in [1.165, 1.54) is 0 Å². The quantitative estimate of drug-likeness (QED) is 0.468. The molecule has 2 aromatic carbocycles. The van der Waals surface area contributed by atoms with Crippen molar-refractivity contribution in [1.29, 1.82) is 0 Å². The van der Waals surface area contributed by atoms with E-state index in [0.717, 1.165) is 22.4 Å². The van der Waals surface area contributed by atoms with Gasteiger partial charge in [-0.2, -0.15) is 0 Å². The largest absolute Gasteiger partial charge is 0.488 e. The SMILES string of the molecule is Cc1ccc([C@@H]2O[C@H](CO)[C@@H](O)C(O)[C@H]2O)cc1Cc1ccc(OC2CC2O)cc1. The first-order chi connectivity index (χ1) is 14.4. The molecule has 1 saturated heterocycles. The summed E-state index contributed by atoms with van der Waals surface area (Å²) in [5.74, 6) is 0.729. The van der Waals surface area contributed by atoms with Crippen molar-refractivity contribution in [2.45, 2.75) is 62.5 Å². The Balaban J connectivity index is 1.50. The van der Waals surface area contributed by atoms with E-state index in [2.05, 4.69) is 0 Å². The van der Waals surface area contributed by atoms with Gasteiger partial charge in [-0.25, -0.2) is 0 Å². The van der Waals surface area contributed by atoms with E-state index in [9.17, 15) is 25.5 Å². The van der Waals surface area contributed by atoms with Gasteiger partial charge in [-0.1, -0.05) is 30.3 Å². The van der Waals surface area contributed by atoms with Crippen molar-refractivity contribution in [3.63, 3.8) is 0 Å². The third-order valence-electron chi connectivity index (χ3n) is 5.90. The molecule has 0 amide bonds. The van der Waals surface area contributed by atoms with E-state index in [1.807, 2.05) is 49.4 Å². The molecule has 1 aliphatic heterocycles. The Bertz CT molecular complexity index is 866. The number of hydrogen-bond donors (Lipinski definition) is 5. The summed E-state index contributed by atoms with van der Waals surface area (Å²) in [5, 5.41) is 49.3. The highest BCUT2D eigenvalue weighted by Crippen LogP contribution is 2.34. The van der Waals surface area contributed by atoms with Gasteiger partial charge in [0, 0.05) is 6.42 Å². The molecule has 5 N–H and O–H groups in total. The molecule has 30 heavy (non-hydrogen) atoms. The van der Waals surface area contributed by atoms with Crippen molar-refractivity contribution in [2.24, 2.45) is 0 Å². The number of hydrogen-bond acceptors (Lipinski definition) is 7. The second kappa shape index (κ2) is 8.63. The number of benzene rings is 2. The van der Waals surface area contributed by atoms with E-state index >= 15 is 0 Å². The summed E-state index contributed by atoms with van der Waals surface area (Å²) in [5.41, 5.74) is 3.86. The van der Waals surface area contributed by atoms with Crippen LogP contribution in [0.5, 0.6) is 5.75 Å². The molecule has 4 rings (SSSR count). The smallest absolute Gasteiger partial charge is 0.127 e. The number of aliphatic hydroxyl groups is 5. The van der Waals surface area contributed by atoms with Gasteiger partial charge in [-0.05, 0) is 47.7 Å². The molecule has 7 atom stereocenters. The molecule has 0 radical (unpaired) electrons. The van der Waals surface area contributed by atoms with Crippen LogP contribution in [0.25, 0.3) is 0 Å². The summed E-state index contributed by atoms with van der Waals surface area (Å²) in [6, 6.07) is 13.4. The lowest BCUT2D eigenvalue weighted by Crippen LogP contribution is -2.55. The van der Waals surface area contributed by atoms with Crippen molar-refractivity contribution in [3.05, 3.63) is 64.7 Å². The zero-order valence-electron chi connectivity index (χ0n) is 16.8. The summed E-state index contributed by atoms with van der Waals surface area (Å²) in [6.07, 6.45) is -4.99. The monoisotopic (exact) mass is 416 g/mol. The van der Waals surface area contributed by atoms with Crippen LogP contribution in [-0.2, 0) is 11.2 Å². The summed E-state index contributed by atoms with van der Waals surface area (Å²) < 4.78 is 11.3. The Kier molecular flexibility index (Phi) is 6.11. The van der Waals surface area contributed by atoms with Crippen molar-refractivity contribution in [2.75, 3.05) is 6.61 Å². The number of aryl methyl sites for hydroxylation is 1. The van der Waals surface area contributed by atoms with Gasteiger partial charge in [-0.15, -0.1) is 0 Å². The fourth-order valence-electron chi connectivity index (χ4n) is 3.80. The molecule has 2 aliphatic rings. The third-order valence-corrected chi connectivity index (χ3v) is 5.90. The molecule has 2 aromatic rings. The first-order valence-electron chi connectivity index (χ1n) is 10.2. The van der Waals surface area contributed by atoms with Crippen LogP contribution in [0.15, 0.2) is 42.5 Å². The van der Waals surface area contributed by atoms with Crippen LogP contribution >= 0.6 is 0 Å². The average molecular weight is 416 g/mol. The van der Waals surface area contributed by atoms with Crippen molar-refractivity contribution in [1.82, 2.24) is 0 Å². The Morgan fingerprint density at radius 3 is 2.30 bits per heavy atom. The van der Waals surface area contributed by atoms with Crippen LogP contribution < -0.4 is 4.74 Å². The fourth-order valence-corrected chi connectivity index (χ4v) is 3.80. The number of aliphatic hydroxyl groups excluding tert-OH is 5. The first-order valence-corrected chi connectivity index (χ1v) is 10.2. The molecule has 2 fully saturated rings. The maximum atomic E-state index is 10.4. The highest BCUT2D eigenvalue weighted by atomic mass is 16.5. The van der Waals surface area contributed by atoms with Crippen LogP contribution in [-0.4, -0.2) is 68.8 Å². The second-order valence-corrected chi connectivity index (χ2v) is 8.22. The number of ether oxygens (including phenoxy) is 2. The van der Waals surface area contributed by atoms with Crippen molar-refractivity contribution >= 4 is 0 Å². The molecule has 0 aromatic heterocycles. The maximum Gasteiger partial charge on any atom is 0.127 e. The average Bonchev–Trinajstić information content (AvgIpc) is 3.44. The van der Waals surface area contributed by atoms with Gasteiger partial charge in [0.15, 0.2) is 0 Å². The lowest BCUT2D eigenvalue weighted by molar-refractivity contribution is -0.231. The summed E-state index contributed by atoms with van der Waals surface area (Å²) in [6.45, 7) is 1.55. The molecule has 0 bridgehead atoms. The van der Waals surface area contributed by atoms with Gasteiger partial charge in [0.1, 0.15) is 42.4 Å². The van der Waals surface area contributed by atoms with E-state index in [-0.39, 0.29) is 12.2 Å². The Morgan fingerprint density at radius 2 is 1.67 bits per heavy atom. The van der Waals surface area contributed by atoms with E-state index in [4.69, 9.17) is 9.47 Å². The molecule has 7 heteroatoms. The highest BCUT2D eigenvalue weighted by molar-refractivity contribution is 5.38. The fraction of sp³-hybridized carbons (Fsp3) is 0.478. The van der Waals surface area contributed by atoms with E-state index in [0.29, 0.717) is 18.4 Å². The maximum absolute atomic E-state index is 10.4. The summed E-state index contributed by atoms with van der Waals surface area (Å²) in [4.78, 5) is 0. The predicted molar refractivity (Wildman–Crippen MR) is 108 cm³/mol. The predicted octanol–water partition coefficient (Wildman–Crippen LogP) is 0.613. The minimum absolute atomic E-state index is 0.103. The van der Waals surface area contributed by atoms with Gasteiger partial charge in [0.05, 0.1) is 12.7 Å². The van der Waals surface area contributed by atoms with Gasteiger partial charge in [0.25, 0.3) is 0 Å². The highest BCUT2D eigenvalue weighted by Gasteiger charge is 2.44. The normalized spacial score (nSPS) is 33.3. The minimum Gasteiger partial charge on any atom is -0.488 e. The lowest BCUT2D eigenvalue weighted by Gasteiger charge is -2.40. The Morgan fingerprint density at radius 1 is 0.967 bits per heavy atom. The Labute approximate surface area is 175 Å². The van der Waals surface area contributed by atoms with Crippen LogP contribution in [0.4, 0.5) is 0 Å². The van der Waals surface area contributed by atoms with Crippen LogP contribution in [0.2, 0.25) is 0 Å². The summed E-state index contributed by atoms with van der Waals surface area (Å²) in [7, 11) is 0. The topological polar surface area (TPSA) is 120 Å². The van der Waals surface area contributed by atoms with Crippen LogP contribution in [0.1, 0.15) is 34.8 Å². The molecule has 162 valence electrons. The van der Waals surface area contributed by atoms with Crippen LogP contribution in [0, 0.1) is 6.92 Å². The van der Waals surface area contributed by atoms with E-state index < -0.39 is 37.1 Å². The molecular weight excluding hydrogens is 388 g/mol. The van der Waals surface area contributed by atoms with Crippen LogP contribution in [0.3, 0.4) is 0 Å². The Hall–Kier alpha value is -2.00. The zero-order chi connectivity index (χ0) is 21.4. The first kappa shape index (κ1) is 21.2. The molecule has 0 spiro atoms. The molecular formula is C23H28O7. The van der Waals surface area contributed by atoms with Crippen molar-refractivity contribution < 1.29 is 35.0 Å². The second-order valence-electron chi connectivity index (χ2n) is 8.22. The van der Waals surface area contributed by atoms with Gasteiger partial charge >= 0.3 is 0 Å². The lowest BCUT2D eigenvalue weighted by atomic mass is 9.89. The molecule has 1 aliphatic carbocycles. The number of rotatable bonds is 6. The molecule has 1 heterocycles. The third kappa shape index (κ3) is 4.37. The van der Waals surface area contributed by atoms with Crippen molar-refractivity contribution in [3.8, 4) is 5.75 Å². The molecule has 1 saturated carbocycles. The minimum atomic E-state index is -1.40. The standard InChI is InChI=1S/C23H28O7/c1-12-2-5-14(23-22(28)21(27)20(26)19(11-24)30-23)9-15(12)8-13-3-6-16(7-4-13)29-18-10-17(18)25/h2-7,9,17-28H,8,10-11H2,1H3/t17?,18?,19-,20-,21?,22-,23+/m1/s1. The summed E-state index contributed by atoms with van der Waals surface area (Å²) >= 11 is 0.